The first kappa shape index (κ1) is 15.9. The molecule has 0 spiro atoms. The quantitative estimate of drug-likeness (QED) is 0.507. The summed E-state index contributed by atoms with van der Waals surface area (Å²) in [7, 11) is -4.52. The Balaban J connectivity index is 2.65. The van der Waals surface area contributed by atoms with Crippen molar-refractivity contribution in [3.8, 4) is 0 Å². The smallest absolute Gasteiger partial charge is 0.405 e. The molecule has 1 rings (SSSR count). The Kier molecular flexibility index (Phi) is 5.47. The normalized spacial score (nSPS) is 12.4. The summed E-state index contributed by atoms with van der Waals surface area (Å²) in [6, 6.07) is 6.86. The second-order valence-corrected chi connectivity index (χ2v) is 5.34. The SMILES string of the molecule is O=C(O)NC(CS(=O)(=O)O)C(=O)OCc1ccccc1. The molecule has 1 aromatic rings. The summed E-state index contributed by atoms with van der Waals surface area (Å²) < 4.78 is 34.9. The molecule has 0 saturated carbocycles. The second-order valence-electron chi connectivity index (χ2n) is 3.84. The van der Waals surface area contributed by atoms with Crippen LogP contribution >= 0.6 is 0 Å². The molecule has 0 radical (unpaired) electrons. The van der Waals surface area contributed by atoms with Gasteiger partial charge in [-0.05, 0) is 5.56 Å². The summed E-state index contributed by atoms with van der Waals surface area (Å²) >= 11 is 0. The van der Waals surface area contributed by atoms with E-state index in [4.69, 9.17) is 14.4 Å². The highest BCUT2D eigenvalue weighted by Crippen LogP contribution is 2.03. The van der Waals surface area contributed by atoms with Gasteiger partial charge in [0.15, 0.2) is 0 Å². The maximum absolute atomic E-state index is 11.6. The van der Waals surface area contributed by atoms with Gasteiger partial charge in [0, 0.05) is 0 Å². The van der Waals surface area contributed by atoms with Gasteiger partial charge in [-0.25, -0.2) is 9.59 Å². The molecule has 0 aliphatic carbocycles. The minimum atomic E-state index is -4.52. The van der Waals surface area contributed by atoms with Crippen LogP contribution in [0.25, 0.3) is 0 Å². The Labute approximate surface area is 115 Å². The maximum atomic E-state index is 11.6. The van der Waals surface area contributed by atoms with Crippen molar-refractivity contribution in [2.75, 3.05) is 5.75 Å². The first-order valence-corrected chi connectivity index (χ1v) is 7.04. The molecule has 0 bridgehead atoms. The molecule has 1 aromatic carbocycles. The van der Waals surface area contributed by atoms with Crippen LogP contribution in [0, 0.1) is 0 Å². The molecule has 0 saturated heterocycles. The van der Waals surface area contributed by atoms with Crippen molar-refractivity contribution in [3.63, 3.8) is 0 Å². The monoisotopic (exact) mass is 303 g/mol. The number of rotatable bonds is 6. The highest BCUT2D eigenvalue weighted by atomic mass is 32.2. The zero-order valence-electron chi connectivity index (χ0n) is 10.2. The van der Waals surface area contributed by atoms with Crippen molar-refractivity contribution in [1.29, 1.82) is 0 Å². The van der Waals surface area contributed by atoms with E-state index in [1.807, 2.05) is 0 Å². The average Bonchev–Trinajstić information content (AvgIpc) is 2.34. The van der Waals surface area contributed by atoms with Gasteiger partial charge in [0.2, 0.25) is 0 Å². The van der Waals surface area contributed by atoms with Gasteiger partial charge in [0.05, 0.1) is 0 Å². The van der Waals surface area contributed by atoms with Gasteiger partial charge in [-0.15, -0.1) is 0 Å². The summed E-state index contributed by atoms with van der Waals surface area (Å²) in [5.74, 6) is -2.18. The number of esters is 1. The molecule has 1 amide bonds. The Hall–Kier alpha value is -2.13. The Morgan fingerprint density at radius 1 is 1.25 bits per heavy atom. The van der Waals surface area contributed by atoms with E-state index in [0.29, 0.717) is 5.56 Å². The predicted molar refractivity (Wildman–Crippen MR) is 67.6 cm³/mol. The number of carbonyl (C=O) groups is 2. The van der Waals surface area contributed by atoms with Gasteiger partial charge >= 0.3 is 12.1 Å². The molecule has 1 unspecified atom stereocenters. The number of benzene rings is 1. The fourth-order valence-corrected chi connectivity index (χ4v) is 2.00. The number of nitrogens with one attached hydrogen (secondary N) is 1. The standard InChI is InChI=1S/C11H13NO7S/c13-10(19-6-8-4-2-1-3-5-8)9(12-11(14)15)7-20(16,17)18/h1-5,9,12H,6-7H2,(H,14,15)(H,16,17,18). The van der Waals surface area contributed by atoms with E-state index < -0.39 is 34.0 Å². The van der Waals surface area contributed by atoms with Crippen LogP contribution in [0.1, 0.15) is 5.56 Å². The fourth-order valence-electron chi connectivity index (χ4n) is 1.36. The van der Waals surface area contributed by atoms with Crippen molar-refractivity contribution >= 4 is 22.2 Å². The van der Waals surface area contributed by atoms with Crippen molar-refractivity contribution in [2.24, 2.45) is 0 Å². The van der Waals surface area contributed by atoms with Gasteiger partial charge in [-0.2, -0.15) is 8.42 Å². The highest BCUT2D eigenvalue weighted by Gasteiger charge is 2.27. The molecule has 0 aliphatic rings. The third kappa shape index (κ3) is 6.16. The number of carboxylic acid groups (broad SMARTS) is 1. The average molecular weight is 303 g/mol. The van der Waals surface area contributed by atoms with Crippen molar-refractivity contribution in [3.05, 3.63) is 35.9 Å². The molecule has 1 atom stereocenters. The molecular formula is C11H13NO7S. The lowest BCUT2D eigenvalue weighted by atomic mass is 10.2. The second kappa shape index (κ2) is 6.87. The van der Waals surface area contributed by atoms with E-state index in [0.717, 1.165) is 0 Å². The summed E-state index contributed by atoms with van der Waals surface area (Å²) in [5, 5.41) is 10.2. The van der Waals surface area contributed by atoms with Gasteiger partial charge in [0.25, 0.3) is 10.1 Å². The van der Waals surface area contributed by atoms with Crippen LogP contribution < -0.4 is 5.32 Å². The predicted octanol–water partition coefficient (Wildman–Crippen LogP) is 0.254. The largest absolute Gasteiger partial charge is 0.465 e. The van der Waals surface area contributed by atoms with Crippen molar-refractivity contribution in [1.82, 2.24) is 5.32 Å². The summed E-state index contributed by atoms with van der Waals surface area (Å²) in [6.07, 6.45) is -1.60. The number of hydrogen-bond acceptors (Lipinski definition) is 5. The number of carbonyl (C=O) groups excluding carboxylic acids is 1. The van der Waals surface area contributed by atoms with E-state index in [9.17, 15) is 18.0 Å². The summed E-state index contributed by atoms with van der Waals surface area (Å²) in [5.41, 5.74) is 0.654. The minimum Gasteiger partial charge on any atom is -0.465 e. The first-order chi connectivity index (χ1) is 9.28. The number of hydrogen-bond donors (Lipinski definition) is 3. The van der Waals surface area contributed by atoms with E-state index >= 15 is 0 Å². The van der Waals surface area contributed by atoms with Crippen LogP contribution in [0.5, 0.6) is 0 Å². The molecule has 0 aromatic heterocycles. The topological polar surface area (TPSA) is 130 Å². The molecule has 110 valence electrons. The van der Waals surface area contributed by atoms with Gasteiger partial charge in [-0.3, -0.25) is 4.55 Å². The van der Waals surface area contributed by atoms with Crippen LogP contribution in [0.15, 0.2) is 30.3 Å². The molecule has 20 heavy (non-hydrogen) atoms. The zero-order valence-corrected chi connectivity index (χ0v) is 11.0. The maximum Gasteiger partial charge on any atom is 0.405 e. The van der Waals surface area contributed by atoms with Gasteiger partial charge in [-0.1, -0.05) is 30.3 Å². The van der Waals surface area contributed by atoms with Gasteiger partial charge < -0.3 is 15.2 Å². The lowest BCUT2D eigenvalue weighted by Gasteiger charge is -2.14. The molecule has 9 heteroatoms. The van der Waals surface area contributed by atoms with E-state index in [1.165, 1.54) is 0 Å². The molecule has 0 heterocycles. The Morgan fingerprint density at radius 3 is 2.35 bits per heavy atom. The number of ether oxygens (including phenoxy) is 1. The number of amides is 1. The van der Waals surface area contributed by atoms with E-state index in [-0.39, 0.29) is 6.61 Å². The van der Waals surface area contributed by atoms with Crippen LogP contribution in [0.2, 0.25) is 0 Å². The third-order valence-corrected chi connectivity index (χ3v) is 2.94. The Morgan fingerprint density at radius 2 is 1.85 bits per heavy atom. The fraction of sp³-hybridized carbons (Fsp3) is 0.273. The highest BCUT2D eigenvalue weighted by molar-refractivity contribution is 7.85. The summed E-state index contributed by atoms with van der Waals surface area (Å²) in [6.45, 7) is -0.136. The first-order valence-electron chi connectivity index (χ1n) is 5.43. The Bertz CT molecular complexity index is 570. The minimum absolute atomic E-state index is 0.136. The molecule has 0 fully saturated rings. The van der Waals surface area contributed by atoms with E-state index in [1.54, 1.807) is 35.6 Å². The third-order valence-electron chi connectivity index (χ3n) is 2.18. The van der Waals surface area contributed by atoms with Crippen molar-refractivity contribution in [2.45, 2.75) is 12.6 Å². The molecule has 0 aliphatic heterocycles. The van der Waals surface area contributed by atoms with Crippen molar-refractivity contribution < 1.29 is 32.4 Å². The van der Waals surface area contributed by atoms with Gasteiger partial charge in [0.1, 0.15) is 18.4 Å². The molecular weight excluding hydrogens is 290 g/mol. The van der Waals surface area contributed by atoms with Crippen LogP contribution in [-0.4, -0.2) is 41.9 Å². The summed E-state index contributed by atoms with van der Waals surface area (Å²) in [4.78, 5) is 22.1. The van der Waals surface area contributed by atoms with Crippen LogP contribution in [0.3, 0.4) is 0 Å². The van der Waals surface area contributed by atoms with Crippen LogP contribution in [0.4, 0.5) is 4.79 Å². The van der Waals surface area contributed by atoms with E-state index in [2.05, 4.69) is 0 Å². The zero-order chi connectivity index (χ0) is 15.2. The van der Waals surface area contributed by atoms with Crippen LogP contribution in [-0.2, 0) is 26.3 Å². The lowest BCUT2D eigenvalue weighted by Crippen LogP contribution is -2.45. The lowest BCUT2D eigenvalue weighted by molar-refractivity contribution is -0.146. The molecule has 3 N–H and O–H groups in total. The molecule has 8 nitrogen and oxygen atoms in total.